The molecule has 1 aromatic carbocycles. The highest BCUT2D eigenvalue weighted by molar-refractivity contribution is 6.15. The van der Waals surface area contributed by atoms with Crippen molar-refractivity contribution >= 4 is 17.8 Å². The Labute approximate surface area is 131 Å². The highest BCUT2D eigenvalue weighted by Gasteiger charge is 2.27. The van der Waals surface area contributed by atoms with E-state index in [9.17, 15) is 4.79 Å². The van der Waals surface area contributed by atoms with Gasteiger partial charge in [-0.2, -0.15) is 0 Å². The number of benzene rings is 1. The lowest BCUT2D eigenvalue weighted by molar-refractivity contribution is -0.115. The van der Waals surface area contributed by atoms with Gasteiger partial charge in [0.25, 0.3) is 5.91 Å². The fourth-order valence-electron chi connectivity index (χ4n) is 3.21. The Kier molecular flexibility index (Phi) is 4.27. The highest BCUT2D eigenvalue weighted by Crippen LogP contribution is 2.27. The second-order valence-electron chi connectivity index (χ2n) is 6.04. The summed E-state index contributed by atoms with van der Waals surface area (Å²) in [5, 5.41) is 2.95. The number of carbonyl (C=O) groups is 1. The zero-order valence-electron chi connectivity index (χ0n) is 13.2. The molecule has 2 aliphatic rings. The summed E-state index contributed by atoms with van der Waals surface area (Å²) in [6.07, 6.45) is 7.87. The predicted octanol–water partition coefficient (Wildman–Crippen LogP) is 3.45. The van der Waals surface area contributed by atoms with Crippen LogP contribution in [0.3, 0.4) is 0 Å². The lowest BCUT2D eigenvalue weighted by Gasteiger charge is -2.20. The molecule has 1 aliphatic carbocycles. The molecule has 1 heterocycles. The third-order valence-electron chi connectivity index (χ3n) is 4.43. The number of amidine groups is 1. The van der Waals surface area contributed by atoms with E-state index >= 15 is 0 Å². The first-order valence-electron chi connectivity index (χ1n) is 7.93. The first kappa shape index (κ1) is 14.8. The molecule has 116 valence electrons. The number of carbonyl (C=O) groups excluding carboxylic acids is 1. The largest absolute Gasteiger partial charge is 0.496 e. The van der Waals surface area contributed by atoms with E-state index in [2.05, 4.69) is 10.3 Å². The molecular formula is C18H22N2O2. The minimum Gasteiger partial charge on any atom is -0.496 e. The summed E-state index contributed by atoms with van der Waals surface area (Å²) in [5.74, 6) is 2.04. The molecule has 3 rings (SSSR count). The molecule has 0 aromatic heterocycles. The van der Waals surface area contributed by atoms with Gasteiger partial charge in [-0.1, -0.05) is 25.3 Å². The van der Waals surface area contributed by atoms with Gasteiger partial charge in [-0.15, -0.1) is 0 Å². The van der Waals surface area contributed by atoms with E-state index in [-0.39, 0.29) is 5.91 Å². The number of ether oxygens (including phenoxy) is 1. The Bertz CT molecular complexity index is 640. The Morgan fingerprint density at radius 1 is 1.27 bits per heavy atom. The van der Waals surface area contributed by atoms with E-state index in [1.54, 1.807) is 7.11 Å². The van der Waals surface area contributed by atoms with Crippen molar-refractivity contribution in [3.63, 3.8) is 0 Å². The third kappa shape index (κ3) is 3.06. The van der Waals surface area contributed by atoms with Gasteiger partial charge < -0.3 is 10.1 Å². The quantitative estimate of drug-likeness (QED) is 0.869. The standard InChI is InChI=1S/C18H22N2O2/c1-12-10-13(8-9-16(12)22-2)11-15-18(21)20-17(19-15)14-6-4-3-5-7-14/h8-11,14H,3-7H2,1-2H3,(H,19,20,21)/b15-11+. The number of amides is 1. The van der Waals surface area contributed by atoms with E-state index in [1.165, 1.54) is 19.3 Å². The normalized spacial score (nSPS) is 20.9. The molecule has 1 amide bonds. The van der Waals surface area contributed by atoms with Gasteiger partial charge in [-0.25, -0.2) is 4.99 Å². The van der Waals surface area contributed by atoms with Gasteiger partial charge in [-0.05, 0) is 49.1 Å². The van der Waals surface area contributed by atoms with Gasteiger partial charge in [0.15, 0.2) is 0 Å². The number of hydrogen-bond acceptors (Lipinski definition) is 3. The van der Waals surface area contributed by atoms with Crippen LogP contribution in [0.4, 0.5) is 0 Å². The molecule has 0 bridgehead atoms. The van der Waals surface area contributed by atoms with E-state index in [1.807, 2.05) is 31.2 Å². The SMILES string of the molecule is COc1ccc(/C=C2/N=C(C3CCCCC3)NC2=O)cc1C. The van der Waals surface area contributed by atoms with Crippen LogP contribution in [-0.4, -0.2) is 18.9 Å². The van der Waals surface area contributed by atoms with Gasteiger partial charge in [0.05, 0.1) is 7.11 Å². The number of aryl methyl sites for hydroxylation is 1. The lowest BCUT2D eigenvalue weighted by atomic mass is 9.88. The minimum atomic E-state index is -0.0888. The Balaban J connectivity index is 1.82. The molecule has 1 aliphatic heterocycles. The number of aliphatic imine (C=N–C) groups is 1. The van der Waals surface area contributed by atoms with Crippen molar-refractivity contribution in [2.24, 2.45) is 10.9 Å². The molecule has 1 saturated carbocycles. The van der Waals surface area contributed by atoms with E-state index in [0.29, 0.717) is 11.6 Å². The van der Waals surface area contributed by atoms with Crippen molar-refractivity contribution in [1.82, 2.24) is 5.32 Å². The van der Waals surface area contributed by atoms with E-state index in [4.69, 9.17) is 4.74 Å². The van der Waals surface area contributed by atoms with Crippen LogP contribution < -0.4 is 10.1 Å². The van der Waals surface area contributed by atoms with Gasteiger partial charge in [-0.3, -0.25) is 4.79 Å². The van der Waals surface area contributed by atoms with Crippen LogP contribution in [0.5, 0.6) is 5.75 Å². The van der Waals surface area contributed by atoms with Crippen molar-refractivity contribution in [3.8, 4) is 5.75 Å². The zero-order chi connectivity index (χ0) is 15.5. The van der Waals surface area contributed by atoms with Crippen LogP contribution >= 0.6 is 0 Å². The summed E-state index contributed by atoms with van der Waals surface area (Å²) in [6, 6.07) is 5.87. The molecule has 4 heteroatoms. The van der Waals surface area contributed by atoms with Crippen molar-refractivity contribution in [2.75, 3.05) is 7.11 Å². The maximum Gasteiger partial charge on any atom is 0.275 e. The summed E-state index contributed by atoms with van der Waals surface area (Å²) >= 11 is 0. The maximum absolute atomic E-state index is 12.1. The number of methoxy groups -OCH3 is 1. The Hall–Kier alpha value is -2.10. The summed E-state index contributed by atoms with van der Waals surface area (Å²) in [4.78, 5) is 16.7. The van der Waals surface area contributed by atoms with Crippen molar-refractivity contribution in [3.05, 3.63) is 35.0 Å². The number of rotatable bonds is 3. The summed E-state index contributed by atoms with van der Waals surface area (Å²) in [6.45, 7) is 1.99. The van der Waals surface area contributed by atoms with Crippen molar-refractivity contribution in [1.29, 1.82) is 0 Å². The second-order valence-corrected chi connectivity index (χ2v) is 6.04. The van der Waals surface area contributed by atoms with Gasteiger partial charge >= 0.3 is 0 Å². The summed E-state index contributed by atoms with van der Waals surface area (Å²) < 4.78 is 5.26. The van der Waals surface area contributed by atoms with Crippen molar-refractivity contribution < 1.29 is 9.53 Å². The van der Waals surface area contributed by atoms with Crippen LogP contribution in [0.25, 0.3) is 6.08 Å². The average molecular weight is 298 g/mol. The van der Waals surface area contributed by atoms with Crippen LogP contribution in [0.15, 0.2) is 28.9 Å². The molecule has 4 nitrogen and oxygen atoms in total. The highest BCUT2D eigenvalue weighted by atomic mass is 16.5. The van der Waals surface area contributed by atoms with Gasteiger partial charge in [0.2, 0.25) is 0 Å². The topological polar surface area (TPSA) is 50.7 Å². The van der Waals surface area contributed by atoms with Crippen LogP contribution in [-0.2, 0) is 4.79 Å². The Morgan fingerprint density at radius 3 is 2.73 bits per heavy atom. The Morgan fingerprint density at radius 2 is 2.05 bits per heavy atom. The smallest absolute Gasteiger partial charge is 0.275 e. The molecule has 1 N–H and O–H groups in total. The fourth-order valence-corrected chi connectivity index (χ4v) is 3.21. The summed E-state index contributed by atoms with van der Waals surface area (Å²) in [7, 11) is 1.66. The van der Waals surface area contributed by atoms with Crippen LogP contribution in [0.2, 0.25) is 0 Å². The predicted molar refractivity (Wildman–Crippen MR) is 87.9 cm³/mol. The van der Waals surface area contributed by atoms with Gasteiger partial charge in [0, 0.05) is 5.92 Å². The third-order valence-corrected chi connectivity index (χ3v) is 4.43. The molecule has 22 heavy (non-hydrogen) atoms. The first-order chi connectivity index (χ1) is 10.7. The number of nitrogens with zero attached hydrogens (tertiary/aromatic N) is 1. The average Bonchev–Trinajstić information content (AvgIpc) is 2.89. The molecule has 0 unspecified atom stereocenters. The van der Waals surface area contributed by atoms with Crippen molar-refractivity contribution in [2.45, 2.75) is 39.0 Å². The number of nitrogens with one attached hydrogen (secondary N) is 1. The van der Waals surface area contributed by atoms with E-state index < -0.39 is 0 Å². The molecule has 0 spiro atoms. The second kappa shape index (κ2) is 6.34. The molecule has 0 radical (unpaired) electrons. The molecule has 0 saturated heterocycles. The van der Waals surface area contributed by atoms with Crippen LogP contribution in [0.1, 0.15) is 43.2 Å². The molecule has 1 aromatic rings. The maximum atomic E-state index is 12.1. The monoisotopic (exact) mass is 298 g/mol. The molecular weight excluding hydrogens is 276 g/mol. The minimum absolute atomic E-state index is 0.0888. The summed E-state index contributed by atoms with van der Waals surface area (Å²) in [5.41, 5.74) is 2.52. The zero-order valence-corrected chi connectivity index (χ0v) is 13.2. The van der Waals surface area contributed by atoms with Gasteiger partial charge in [0.1, 0.15) is 17.3 Å². The first-order valence-corrected chi connectivity index (χ1v) is 7.93. The van der Waals surface area contributed by atoms with E-state index in [0.717, 1.165) is 35.6 Å². The fraction of sp³-hybridized carbons (Fsp3) is 0.444. The van der Waals surface area contributed by atoms with Crippen LogP contribution in [0, 0.1) is 12.8 Å². The molecule has 1 fully saturated rings. The number of hydrogen-bond donors (Lipinski definition) is 1. The molecule has 0 atom stereocenters. The lowest BCUT2D eigenvalue weighted by Crippen LogP contribution is -2.31.